The zero-order valence-corrected chi connectivity index (χ0v) is 18.6. The number of carbonyl (C=O) groups excluding carboxylic acids is 1. The van der Waals surface area contributed by atoms with Gasteiger partial charge in [-0.15, -0.1) is 0 Å². The zero-order chi connectivity index (χ0) is 23.5. The van der Waals surface area contributed by atoms with Gasteiger partial charge >= 0.3 is 0 Å². The van der Waals surface area contributed by atoms with Crippen LogP contribution in [-0.4, -0.2) is 61.2 Å². The Hall–Kier alpha value is -3.66. The second-order valence-corrected chi connectivity index (χ2v) is 7.82. The zero-order valence-electron chi connectivity index (χ0n) is 18.6. The molecule has 3 aromatic rings. The number of methoxy groups -OCH3 is 2. The predicted octanol–water partition coefficient (Wildman–Crippen LogP) is 2.11. The average Bonchev–Trinajstić information content (AvgIpc) is 2.84. The van der Waals surface area contributed by atoms with Crippen LogP contribution in [0, 0.1) is 5.82 Å². The van der Waals surface area contributed by atoms with Gasteiger partial charge in [0.25, 0.3) is 0 Å². The van der Waals surface area contributed by atoms with Gasteiger partial charge in [-0.3, -0.25) is 4.79 Å². The molecule has 2 aromatic carbocycles. The van der Waals surface area contributed by atoms with Crippen LogP contribution in [0.15, 0.2) is 36.4 Å². The van der Waals surface area contributed by atoms with Crippen LogP contribution in [0.5, 0.6) is 11.5 Å². The first-order valence-electron chi connectivity index (χ1n) is 10.6. The van der Waals surface area contributed by atoms with Gasteiger partial charge in [0.05, 0.1) is 14.2 Å². The maximum atomic E-state index is 15.0. The van der Waals surface area contributed by atoms with Gasteiger partial charge in [0.1, 0.15) is 11.3 Å². The maximum absolute atomic E-state index is 15.0. The van der Waals surface area contributed by atoms with Crippen LogP contribution >= 0.6 is 0 Å². The van der Waals surface area contributed by atoms with Crippen molar-refractivity contribution >= 4 is 28.6 Å². The second-order valence-electron chi connectivity index (χ2n) is 7.82. The molecule has 0 saturated carbocycles. The molecule has 4 rings (SSSR count). The minimum atomic E-state index is -0.661. The summed E-state index contributed by atoms with van der Waals surface area (Å²) in [7, 11) is 2.78. The number of hydrogen-bond acceptors (Lipinski definition) is 8. The number of piperazine rings is 1. The standard InChI is InChI=1S/C23H27FN6O3/c1-32-17-12-15-20(19(24)21(17)33-2)27-23(28-22(15)26)30-10-8-29(9-11-30)18(31)13-16(25)14-6-4-3-5-7-14/h3-7,12,16H,8-11,13,25H2,1-2H3,(H2,26,27,28). The van der Waals surface area contributed by atoms with E-state index in [0.29, 0.717) is 37.5 Å². The summed E-state index contributed by atoms with van der Waals surface area (Å²) in [6.07, 6.45) is 0.232. The molecule has 0 radical (unpaired) electrons. The number of nitrogens with two attached hydrogens (primary N) is 2. The van der Waals surface area contributed by atoms with Gasteiger partial charge in [0, 0.05) is 44.0 Å². The molecule has 1 amide bonds. The molecule has 33 heavy (non-hydrogen) atoms. The van der Waals surface area contributed by atoms with Crippen molar-refractivity contribution in [3.8, 4) is 11.5 Å². The van der Waals surface area contributed by atoms with Crippen LogP contribution in [0.1, 0.15) is 18.0 Å². The van der Waals surface area contributed by atoms with E-state index in [2.05, 4.69) is 9.97 Å². The molecule has 1 fully saturated rings. The number of ether oxygens (including phenoxy) is 2. The van der Waals surface area contributed by atoms with E-state index in [1.54, 1.807) is 11.0 Å². The van der Waals surface area contributed by atoms with Crippen molar-refractivity contribution < 1.29 is 18.7 Å². The van der Waals surface area contributed by atoms with Gasteiger partial charge in [-0.05, 0) is 11.6 Å². The maximum Gasteiger partial charge on any atom is 0.228 e. The summed E-state index contributed by atoms with van der Waals surface area (Å²) in [5.74, 6) is -0.0502. The number of aromatic nitrogens is 2. The lowest BCUT2D eigenvalue weighted by Gasteiger charge is -2.35. The SMILES string of the molecule is COc1cc2c(N)nc(N3CCN(C(=O)CC(N)c4ccccc4)CC3)nc2c(F)c1OC. The Labute approximate surface area is 191 Å². The number of anilines is 2. The molecule has 1 aliphatic rings. The van der Waals surface area contributed by atoms with E-state index >= 15 is 4.39 Å². The number of nitrogens with zero attached hydrogens (tertiary/aromatic N) is 4. The molecule has 4 N–H and O–H groups in total. The topological polar surface area (TPSA) is 120 Å². The molecule has 1 saturated heterocycles. The first-order chi connectivity index (χ1) is 15.9. The fourth-order valence-electron chi connectivity index (χ4n) is 3.97. The highest BCUT2D eigenvalue weighted by atomic mass is 19.1. The Balaban J connectivity index is 1.47. The molecule has 9 nitrogen and oxygen atoms in total. The number of amides is 1. The van der Waals surface area contributed by atoms with Crippen LogP contribution in [0.3, 0.4) is 0 Å². The molecule has 174 valence electrons. The third-order valence-corrected chi connectivity index (χ3v) is 5.83. The molecule has 2 heterocycles. The molecule has 1 aliphatic heterocycles. The second kappa shape index (κ2) is 9.45. The summed E-state index contributed by atoms with van der Waals surface area (Å²) in [5.41, 5.74) is 13.3. The van der Waals surface area contributed by atoms with Crippen molar-refractivity contribution in [3.63, 3.8) is 0 Å². The molecular formula is C23H27FN6O3. The number of nitrogen functional groups attached to an aromatic ring is 1. The Morgan fingerprint density at radius 1 is 1.12 bits per heavy atom. The van der Waals surface area contributed by atoms with E-state index in [4.69, 9.17) is 20.9 Å². The highest BCUT2D eigenvalue weighted by Gasteiger charge is 2.26. The molecular weight excluding hydrogens is 427 g/mol. The predicted molar refractivity (Wildman–Crippen MR) is 124 cm³/mol. The Bertz CT molecular complexity index is 1150. The lowest BCUT2D eigenvalue weighted by atomic mass is 10.0. The van der Waals surface area contributed by atoms with E-state index in [1.807, 2.05) is 35.2 Å². The minimum absolute atomic E-state index is 0.00665. The molecule has 1 unspecified atom stereocenters. The van der Waals surface area contributed by atoms with Crippen molar-refractivity contribution in [2.75, 3.05) is 51.0 Å². The summed E-state index contributed by atoms with van der Waals surface area (Å²) in [6.45, 7) is 1.95. The molecule has 0 aliphatic carbocycles. The van der Waals surface area contributed by atoms with Crippen molar-refractivity contribution in [1.82, 2.24) is 14.9 Å². The normalized spacial score (nSPS) is 14.9. The summed E-state index contributed by atoms with van der Waals surface area (Å²) in [4.78, 5) is 25.2. The highest BCUT2D eigenvalue weighted by Crippen LogP contribution is 2.37. The first kappa shape index (κ1) is 22.5. The Morgan fingerprint density at radius 3 is 2.45 bits per heavy atom. The van der Waals surface area contributed by atoms with Gasteiger partial charge in [0.2, 0.25) is 11.9 Å². The third-order valence-electron chi connectivity index (χ3n) is 5.83. The lowest BCUT2D eigenvalue weighted by Crippen LogP contribution is -2.49. The Kier molecular flexibility index (Phi) is 6.45. The molecule has 0 bridgehead atoms. The van der Waals surface area contributed by atoms with Crippen molar-refractivity contribution in [2.45, 2.75) is 12.5 Å². The first-order valence-corrected chi connectivity index (χ1v) is 10.6. The van der Waals surface area contributed by atoms with Crippen LogP contribution in [-0.2, 0) is 4.79 Å². The molecule has 0 spiro atoms. The third kappa shape index (κ3) is 4.47. The van der Waals surface area contributed by atoms with Crippen LogP contribution < -0.4 is 25.8 Å². The van der Waals surface area contributed by atoms with Crippen molar-refractivity contribution in [1.29, 1.82) is 0 Å². The average molecular weight is 455 g/mol. The lowest BCUT2D eigenvalue weighted by molar-refractivity contribution is -0.131. The Morgan fingerprint density at radius 2 is 1.82 bits per heavy atom. The largest absolute Gasteiger partial charge is 0.493 e. The molecule has 1 atom stereocenters. The highest BCUT2D eigenvalue weighted by molar-refractivity contribution is 5.92. The van der Waals surface area contributed by atoms with E-state index in [9.17, 15) is 4.79 Å². The van der Waals surface area contributed by atoms with E-state index < -0.39 is 5.82 Å². The van der Waals surface area contributed by atoms with E-state index in [0.717, 1.165) is 5.56 Å². The fourth-order valence-corrected chi connectivity index (χ4v) is 3.97. The number of halogens is 1. The summed E-state index contributed by atoms with van der Waals surface area (Å²) >= 11 is 0. The number of fused-ring (bicyclic) bond motifs is 1. The van der Waals surface area contributed by atoms with Crippen LogP contribution in [0.25, 0.3) is 10.9 Å². The van der Waals surface area contributed by atoms with Gasteiger partial charge in [0.15, 0.2) is 17.3 Å². The van der Waals surface area contributed by atoms with Gasteiger partial charge < -0.3 is 30.7 Å². The molecule has 10 heteroatoms. The van der Waals surface area contributed by atoms with E-state index in [1.165, 1.54) is 14.2 Å². The van der Waals surface area contributed by atoms with Crippen LogP contribution in [0.4, 0.5) is 16.2 Å². The smallest absolute Gasteiger partial charge is 0.228 e. The number of rotatable bonds is 6. The van der Waals surface area contributed by atoms with Crippen molar-refractivity contribution in [2.24, 2.45) is 5.73 Å². The van der Waals surface area contributed by atoms with Gasteiger partial charge in [-0.2, -0.15) is 4.98 Å². The van der Waals surface area contributed by atoms with Gasteiger partial charge in [-0.25, -0.2) is 9.37 Å². The summed E-state index contributed by atoms with van der Waals surface area (Å²) in [6, 6.07) is 10.8. The number of hydrogen-bond donors (Lipinski definition) is 2. The minimum Gasteiger partial charge on any atom is -0.493 e. The fraction of sp³-hybridized carbons (Fsp3) is 0.348. The molecule has 1 aromatic heterocycles. The van der Waals surface area contributed by atoms with Crippen molar-refractivity contribution in [3.05, 3.63) is 47.8 Å². The summed E-state index contributed by atoms with van der Waals surface area (Å²) < 4.78 is 25.4. The quantitative estimate of drug-likeness (QED) is 0.581. The monoisotopic (exact) mass is 454 g/mol. The number of carbonyl (C=O) groups is 1. The number of benzene rings is 2. The summed E-state index contributed by atoms with van der Waals surface area (Å²) in [5, 5.41) is 0.345. The van der Waals surface area contributed by atoms with Gasteiger partial charge in [-0.1, -0.05) is 30.3 Å². The van der Waals surface area contributed by atoms with Crippen LogP contribution in [0.2, 0.25) is 0 Å². The van der Waals surface area contributed by atoms with E-state index in [-0.39, 0.29) is 41.2 Å².